The first-order valence-electron chi connectivity index (χ1n) is 7.89. The minimum atomic E-state index is 0.177. The molecule has 1 aliphatic carbocycles. The highest BCUT2D eigenvalue weighted by Gasteiger charge is 2.26. The summed E-state index contributed by atoms with van der Waals surface area (Å²) in [7, 11) is 0. The molecule has 0 amide bonds. The van der Waals surface area contributed by atoms with Crippen LogP contribution in [0, 0.1) is 12.3 Å². The number of nitrogens with one attached hydrogen (secondary N) is 2. The van der Waals surface area contributed by atoms with Crippen LogP contribution in [0.25, 0.3) is 0 Å². The Morgan fingerprint density at radius 1 is 1.39 bits per heavy atom. The number of nitrogens with two attached hydrogens (primary N) is 1. The van der Waals surface area contributed by atoms with E-state index in [-0.39, 0.29) is 6.04 Å². The van der Waals surface area contributed by atoms with Gasteiger partial charge in [-0.15, -0.1) is 6.42 Å². The van der Waals surface area contributed by atoms with Gasteiger partial charge in [-0.25, -0.2) is 4.98 Å². The van der Waals surface area contributed by atoms with E-state index >= 15 is 0 Å². The molecule has 0 radical (unpaired) electrons. The molecule has 3 heterocycles. The van der Waals surface area contributed by atoms with E-state index in [1.54, 1.807) is 6.20 Å². The smallest absolute Gasteiger partial charge is 0.227 e. The van der Waals surface area contributed by atoms with Crippen LogP contribution in [0.5, 0.6) is 0 Å². The zero-order chi connectivity index (χ0) is 15.8. The number of anilines is 3. The van der Waals surface area contributed by atoms with E-state index in [1.807, 2.05) is 6.07 Å². The highest BCUT2D eigenvalue weighted by Crippen LogP contribution is 2.39. The second-order valence-corrected chi connectivity index (χ2v) is 6.18. The topological polar surface area (TPSA) is 95.8 Å². The van der Waals surface area contributed by atoms with Crippen LogP contribution in [0.2, 0.25) is 0 Å². The molecule has 2 aromatic rings. The number of aromatic amines is 1. The van der Waals surface area contributed by atoms with E-state index < -0.39 is 0 Å². The zero-order valence-corrected chi connectivity index (χ0v) is 12.8. The molecule has 0 spiro atoms. The fourth-order valence-corrected chi connectivity index (χ4v) is 2.81. The first-order chi connectivity index (χ1) is 11.2. The van der Waals surface area contributed by atoms with Crippen molar-refractivity contribution in [2.45, 2.75) is 31.2 Å². The van der Waals surface area contributed by atoms with Crippen molar-refractivity contribution >= 4 is 17.6 Å². The average Bonchev–Trinajstić information content (AvgIpc) is 3.15. The summed E-state index contributed by atoms with van der Waals surface area (Å²) in [4.78, 5) is 11.0. The van der Waals surface area contributed by atoms with Crippen LogP contribution in [0.3, 0.4) is 0 Å². The molecule has 0 unspecified atom stereocenters. The molecule has 0 bridgehead atoms. The van der Waals surface area contributed by atoms with Crippen molar-refractivity contribution in [3.05, 3.63) is 23.5 Å². The molecule has 0 aromatic carbocycles. The van der Waals surface area contributed by atoms with Crippen molar-refractivity contribution in [2.24, 2.45) is 5.73 Å². The fraction of sp³-hybridized carbons (Fsp3) is 0.438. The summed E-state index contributed by atoms with van der Waals surface area (Å²) in [5.41, 5.74) is 7.68. The molecule has 118 valence electrons. The quantitative estimate of drug-likeness (QED) is 0.738. The monoisotopic (exact) mass is 309 g/mol. The normalized spacial score (nSPS) is 20.5. The van der Waals surface area contributed by atoms with Crippen molar-refractivity contribution in [1.29, 1.82) is 0 Å². The van der Waals surface area contributed by atoms with Crippen LogP contribution < -0.4 is 16.0 Å². The van der Waals surface area contributed by atoms with Crippen LogP contribution >= 0.6 is 0 Å². The lowest BCUT2D eigenvalue weighted by Gasteiger charge is -2.16. The van der Waals surface area contributed by atoms with Gasteiger partial charge >= 0.3 is 0 Å². The second kappa shape index (κ2) is 5.56. The summed E-state index contributed by atoms with van der Waals surface area (Å²) in [6, 6.07) is 2.20. The van der Waals surface area contributed by atoms with Gasteiger partial charge in [0.25, 0.3) is 0 Å². The third-order valence-corrected chi connectivity index (χ3v) is 4.29. The summed E-state index contributed by atoms with van der Waals surface area (Å²) < 4.78 is 0. The zero-order valence-electron chi connectivity index (χ0n) is 12.8. The number of H-pyrrole nitrogens is 1. The molecule has 4 N–H and O–H groups in total. The lowest BCUT2D eigenvalue weighted by atomic mass is 10.3. The third kappa shape index (κ3) is 2.85. The van der Waals surface area contributed by atoms with Gasteiger partial charge < -0.3 is 16.0 Å². The van der Waals surface area contributed by atoms with E-state index in [9.17, 15) is 0 Å². The molecule has 1 saturated carbocycles. The van der Waals surface area contributed by atoms with Crippen LogP contribution in [0.1, 0.15) is 36.4 Å². The Morgan fingerprint density at radius 2 is 2.26 bits per heavy atom. The van der Waals surface area contributed by atoms with Crippen LogP contribution in [-0.4, -0.2) is 39.3 Å². The van der Waals surface area contributed by atoms with Gasteiger partial charge in [-0.2, -0.15) is 10.1 Å². The van der Waals surface area contributed by atoms with E-state index in [0.29, 0.717) is 23.2 Å². The van der Waals surface area contributed by atoms with E-state index in [1.165, 1.54) is 12.8 Å². The van der Waals surface area contributed by atoms with E-state index in [0.717, 1.165) is 31.0 Å². The number of hydrogen-bond acceptors (Lipinski definition) is 6. The predicted octanol–water partition coefficient (Wildman–Crippen LogP) is 1.34. The van der Waals surface area contributed by atoms with Crippen LogP contribution in [0.4, 0.5) is 17.6 Å². The number of rotatable bonds is 4. The van der Waals surface area contributed by atoms with Crippen molar-refractivity contribution in [2.75, 3.05) is 23.3 Å². The standard InChI is InChI=1S/C16H19N7/c1-2-10-8-18-16(23-6-5-12(17)9-23)20-15(10)19-14-7-13(21-22-14)11-3-4-11/h1,7-8,11-12H,3-6,9,17H2,(H2,18,19,20,21,22)/t12-/m0/s1. The molecule has 7 nitrogen and oxygen atoms in total. The molecule has 2 aromatic heterocycles. The highest BCUT2D eigenvalue weighted by atomic mass is 15.3. The maximum Gasteiger partial charge on any atom is 0.227 e. The molecule has 2 aliphatic rings. The van der Waals surface area contributed by atoms with Crippen LogP contribution in [0.15, 0.2) is 12.3 Å². The second-order valence-electron chi connectivity index (χ2n) is 6.18. The molecule has 23 heavy (non-hydrogen) atoms. The van der Waals surface area contributed by atoms with Gasteiger partial charge in [0, 0.05) is 31.1 Å². The third-order valence-electron chi connectivity index (χ3n) is 4.29. The number of aromatic nitrogens is 4. The summed E-state index contributed by atoms with van der Waals surface area (Å²) in [6.07, 6.45) is 10.6. The predicted molar refractivity (Wildman–Crippen MR) is 88.6 cm³/mol. The molecular formula is C16H19N7. The Morgan fingerprint density at radius 3 is 2.96 bits per heavy atom. The van der Waals surface area contributed by atoms with E-state index in [4.69, 9.17) is 12.2 Å². The largest absolute Gasteiger partial charge is 0.339 e. The highest BCUT2D eigenvalue weighted by molar-refractivity contribution is 5.62. The van der Waals surface area contributed by atoms with Gasteiger partial charge in [0.1, 0.15) is 5.82 Å². The Kier molecular flexibility index (Phi) is 3.39. The number of nitrogens with zero attached hydrogens (tertiary/aromatic N) is 4. The molecule has 4 rings (SSSR count). The van der Waals surface area contributed by atoms with Gasteiger partial charge in [0.2, 0.25) is 5.95 Å². The fourth-order valence-electron chi connectivity index (χ4n) is 2.81. The lowest BCUT2D eigenvalue weighted by Crippen LogP contribution is -2.27. The maximum atomic E-state index is 5.96. The minimum Gasteiger partial charge on any atom is -0.339 e. The van der Waals surface area contributed by atoms with Crippen molar-refractivity contribution in [3.63, 3.8) is 0 Å². The Hall–Kier alpha value is -2.59. The van der Waals surface area contributed by atoms with Crippen molar-refractivity contribution < 1.29 is 0 Å². The van der Waals surface area contributed by atoms with Crippen LogP contribution in [-0.2, 0) is 0 Å². The molecule has 1 atom stereocenters. The van der Waals surface area contributed by atoms with Gasteiger partial charge in [-0.3, -0.25) is 5.10 Å². The number of terminal acetylenes is 1. The summed E-state index contributed by atoms with van der Waals surface area (Å²) in [6.45, 7) is 1.64. The lowest BCUT2D eigenvalue weighted by molar-refractivity contribution is 0.750. The van der Waals surface area contributed by atoms with Gasteiger partial charge in [-0.1, -0.05) is 5.92 Å². The number of hydrogen-bond donors (Lipinski definition) is 3. The Bertz CT molecular complexity index is 756. The molecule has 2 fully saturated rings. The maximum absolute atomic E-state index is 5.96. The molecule has 7 heteroatoms. The molecule has 1 aliphatic heterocycles. The Balaban J connectivity index is 1.58. The molecular weight excluding hydrogens is 290 g/mol. The SMILES string of the molecule is C#Cc1cnc(N2CC[C@H](N)C2)nc1Nc1cc(C2CC2)n[nH]1. The average molecular weight is 309 g/mol. The first kappa shape index (κ1) is 14.0. The van der Waals surface area contributed by atoms with Gasteiger partial charge in [0.15, 0.2) is 5.82 Å². The molecule has 1 saturated heterocycles. The van der Waals surface area contributed by atoms with Crippen molar-refractivity contribution in [3.8, 4) is 12.3 Å². The minimum absolute atomic E-state index is 0.177. The summed E-state index contributed by atoms with van der Waals surface area (Å²) in [5.74, 6) is 5.28. The Labute approximate surface area is 134 Å². The first-order valence-corrected chi connectivity index (χ1v) is 7.89. The van der Waals surface area contributed by atoms with E-state index in [2.05, 4.69) is 36.3 Å². The summed E-state index contributed by atoms with van der Waals surface area (Å²) in [5, 5.41) is 10.6. The van der Waals surface area contributed by atoms with Gasteiger partial charge in [0.05, 0.1) is 17.5 Å². The van der Waals surface area contributed by atoms with Gasteiger partial charge in [-0.05, 0) is 19.3 Å². The van der Waals surface area contributed by atoms with Crippen molar-refractivity contribution in [1.82, 2.24) is 20.2 Å². The summed E-state index contributed by atoms with van der Waals surface area (Å²) >= 11 is 0.